The van der Waals surface area contributed by atoms with Crippen molar-refractivity contribution in [2.75, 3.05) is 11.9 Å². The number of aliphatic hydroxyl groups excluding tert-OH is 1. The molecule has 2 saturated carbocycles. The second kappa shape index (κ2) is 10.6. The van der Waals surface area contributed by atoms with Gasteiger partial charge in [0.1, 0.15) is 11.6 Å². The number of amides is 1. The zero-order valence-electron chi connectivity index (χ0n) is 19.6. The maximum absolute atomic E-state index is 12.9. The lowest BCUT2D eigenvalue weighted by Crippen LogP contribution is -2.20. The summed E-state index contributed by atoms with van der Waals surface area (Å²) in [7, 11) is 0. The van der Waals surface area contributed by atoms with Gasteiger partial charge in [-0.25, -0.2) is 0 Å². The van der Waals surface area contributed by atoms with Crippen LogP contribution in [0.4, 0.5) is 5.69 Å². The Morgan fingerprint density at radius 3 is 2.62 bits per heavy atom. The summed E-state index contributed by atoms with van der Waals surface area (Å²) in [4.78, 5) is 12.9. The minimum atomic E-state index is -0.123. The van der Waals surface area contributed by atoms with Crippen LogP contribution in [0.1, 0.15) is 98.9 Å². The number of hydrogen-bond donors (Lipinski definition) is 2. The van der Waals surface area contributed by atoms with Gasteiger partial charge in [0, 0.05) is 37.1 Å². The molecule has 1 aromatic heterocycles. The summed E-state index contributed by atoms with van der Waals surface area (Å²) >= 11 is 0. The van der Waals surface area contributed by atoms with Crippen LogP contribution in [0, 0.1) is 19.8 Å². The van der Waals surface area contributed by atoms with E-state index in [2.05, 4.69) is 26.1 Å². The maximum Gasteiger partial charge on any atom is 0.225 e. The van der Waals surface area contributed by atoms with Crippen LogP contribution in [0.25, 0.3) is 0 Å². The van der Waals surface area contributed by atoms with Gasteiger partial charge in [-0.2, -0.15) is 0 Å². The van der Waals surface area contributed by atoms with Crippen LogP contribution in [-0.2, 0) is 11.2 Å². The molecule has 32 heavy (non-hydrogen) atoms. The van der Waals surface area contributed by atoms with Gasteiger partial charge in [0.05, 0.1) is 0 Å². The average Bonchev–Trinajstić information content (AvgIpc) is 3.53. The van der Waals surface area contributed by atoms with Crippen molar-refractivity contribution in [3.8, 4) is 0 Å². The van der Waals surface area contributed by atoms with E-state index < -0.39 is 0 Å². The number of carbonyl (C=O) groups is 1. The molecule has 2 N–H and O–H groups in total. The summed E-state index contributed by atoms with van der Waals surface area (Å²) in [6.07, 6.45) is 12.1. The van der Waals surface area contributed by atoms with Gasteiger partial charge in [-0.15, -0.1) is 10.2 Å². The summed E-state index contributed by atoms with van der Waals surface area (Å²) in [6, 6.07) is 6.50. The summed E-state index contributed by atoms with van der Waals surface area (Å²) < 4.78 is 2.31. The standard InChI is InChI=1S/C26H38N4O2/c1-18-8-12-23(19(2)16-18)27-25(32)17-21(14-15-31)26-29-28-24(30(26)22-10-11-22)13-9-20-6-4-3-5-7-20/h8,12,16,20-22,31H,3-7,9-11,13-15,17H2,1-2H3,(H,27,32). The normalized spacial score (nSPS) is 18.0. The van der Waals surface area contributed by atoms with E-state index in [9.17, 15) is 9.90 Å². The van der Waals surface area contributed by atoms with Crippen LogP contribution < -0.4 is 5.32 Å². The predicted octanol–water partition coefficient (Wildman–Crippen LogP) is 5.24. The summed E-state index contributed by atoms with van der Waals surface area (Å²) in [5.41, 5.74) is 3.08. The Balaban J connectivity index is 1.46. The average molecular weight is 439 g/mol. The molecular formula is C26H38N4O2. The molecule has 0 aliphatic heterocycles. The van der Waals surface area contributed by atoms with Gasteiger partial charge in [-0.05, 0) is 57.1 Å². The fourth-order valence-corrected chi connectivity index (χ4v) is 5.18. The number of aliphatic hydroxyl groups is 1. The Hall–Kier alpha value is -2.21. The third-order valence-corrected chi connectivity index (χ3v) is 7.14. The second-order valence-electron chi connectivity index (χ2n) is 9.90. The van der Waals surface area contributed by atoms with Gasteiger partial charge in [0.25, 0.3) is 0 Å². The number of carbonyl (C=O) groups excluding carboxylic acids is 1. The van der Waals surface area contributed by atoms with E-state index in [0.29, 0.717) is 18.9 Å². The Labute approximate surface area is 191 Å². The first-order chi connectivity index (χ1) is 15.5. The smallest absolute Gasteiger partial charge is 0.225 e. The highest BCUT2D eigenvalue weighted by atomic mass is 16.3. The zero-order chi connectivity index (χ0) is 22.5. The SMILES string of the molecule is Cc1ccc(NC(=O)CC(CCO)c2nnc(CCC3CCCCC3)n2C2CC2)c(C)c1. The van der Waals surface area contributed by atoms with Crippen molar-refractivity contribution in [3.05, 3.63) is 41.0 Å². The minimum absolute atomic E-state index is 0.0375. The van der Waals surface area contributed by atoms with E-state index in [4.69, 9.17) is 0 Å². The molecule has 0 bridgehead atoms. The molecule has 2 aliphatic rings. The van der Waals surface area contributed by atoms with Crippen molar-refractivity contribution >= 4 is 11.6 Å². The van der Waals surface area contributed by atoms with E-state index in [1.54, 1.807) is 0 Å². The number of nitrogens with zero attached hydrogens (tertiary/aromatic N) is 3. The number of aryl methyl sites for hydroxylation is 3. The molecule has 2 aliphatic carbocycles. The Morgan fingerprint density at radius 2 is 1.94 bits per heavy atom. The van der Waals surface area contributed by atoms with Gasteiger partial charge in [0.15, 0.2) is 0 Å². The molecule has 6 heteroatoms. The van der Waals surface area contributed by atoms with E-state index in [-0.39, 0.29) is 18.4 Å². The van der Waals surface area contributed by atoms with Crippen LogP contribution >= 0.6 is 0 Å². The topological polar surface area (TPSA) is 80.0 Å². The number of aromatic nitrogens is 3. The summed E-state index contributed by atoms with van der Waals surface area (Å²) in [5, 5.41) is 21.9. The first-order valence-electron chi connectivity index (χ1n) is 12.5. The molecule has 2 aromatic rings. The van der Waals surface area contributed by atoms with Crippen molar-refractivity contribution in [3.63, 3.8) is 0 Å². The number of benzene rings is 1. The minimum Gasteiger partial charge on any atom is -0.396 e. The lowest BCUT2D eigenvalue weighted by Gasteiger charge is -2.22. The van der Waals surface area contributed by atoms with Crippen LogP contribution in [0.3, 0.4) is 0 Å². The van der Waals surface area contributed by atoms with Crippen LogP contribution in [0.15, 0.2) is 18.2 Å². The van der Waals surface area contributed by atoms with E-state index >= 15 is 0 Å². The first-order valence-corrected chi connectivity index (χ1v) is 12.5. The summed E-state index contributed by atoms with van der Waals surface area (Å²) in [6.45, 7) is 4.10. The molecule has 6 nitrogen and oxygen atoms in total. The molecule has 2 fully saturated rings. The number of hydrogen-bond acceptors (Lipinski definition) is 4. The first kappa shape index (κ1) is 23.0. The lowest BCUT2D eigenvalue weighted by molar-refractivity contribution is -0.116. The third kappa shape index (κ3) is 5.77. The van der Waals surface area contributed by atoms with E-state index in [1.165, 1.54) is 44.1 Å². The molecule has 0 spiro atoms. The highest BCUT2D eigenvalue weighted by molar-refractivity contribution is 5.92. The quantitative estimate of drug-likeness (QED) is 0.532. The Bertz CT molecular complexity index is 913. The highest BCUT2D eigenvalue weighted by Crippen LogP contribution is 2.40. The van der Waals surface area contributed by atoms with Crippen LogP contribution in [0.2, 0.25) is 0 Å². The lowest BCUT2D eigenvalue weighted by atomic mass is 9.86. The van der Waals surface area contributed by atoms with Crippen molar-refractivity contribution in [2.24, 2.45) is 5.92 Å². The van der Waals surface area contributed by atoms with Crippen molar-refractivity contribution in [1.82, 2.24) is 14.8 Å². The van der Waals surface area contributed by atoms with Gasteiger partial charge >= 0.3 is 0 Å². The highest BCUT2D eigenvalue weighted by Gasteiger charge is 2.33. The zero-order valence-corrected chi connectivity index (χ0v) is 19.6. The molecule has 1 amide bonds. The van der Waals surface area contributed by atoms with Crippen molar-refractivity contribution in [2.45, 2.75) is 96.4 Å². The maximum atomic E-state index is 12.9. The molecule has 174 valence electrons. The molecule has 4 rings (SSSR count). The second-order valence-corrected chi connectivity index (χ2v) is 9.90. The van der Waals surface area contributed by atoms with Gasteiger partial charge in [-0.1, -0.05) is 49.8 Å². The fraction of sp³-hybridized carbons (Fsp3) is 0.654. The van der Waals surface area contributed by atoms with Crippen molar-refractivity contribution in [1.29, 1.82) is 0 Å². The van der Waals surface area contributed by atoms with Gasteiger partial charge in [-0.3, -0.25) is 4.79 Å². The Kier molecular flexibility index (Phi) is 7.61. The molecule has 1 heterocycles. The largest absolute Gasteiger partial charge is 0.396 e. The number of rotatable bonds is 10. The third-order valence-electron chi connectivity index (χ3n) is 7.14. The molecule has 0 radical (unpaired) electrons. The molecular weight excluding hydrogens is 400 g/mol. The summed E-state index contributed by atoms with van der Waals surface area (Å²) in [5.74, 6) is 2.61. The molecule has 1 atom stereocenters. The Morgan fingerprint density at radius 1 is 1.16 bits per heavy atom. The monoisotopic (exact) mass is 438 g/mol. The van der Waals surface area contributed by atoms with Crippen molar-refractivity contribution < 1.29 is 9.90 Å². The van der Waals surface area contributed by atoms with Gasteiger partial charge in [0.2, 0.25) is 5.91 Å². The predicted molar refractivity (Wildman–Crippen MR) is 127 cm³/mol. The fourth-order valence-electron chi connectivity index (χ4n) is 5.18. The van der Waals surface area contributed by atoms with Crippen LogP contribution in [0.5, 0.6) is 0 Å². The van der Waals surface area contributed by atoms with E-state index in [0.717, 1.165) is 48.1 Å². The number of anilines is 1. The molecule has 0 saturated heterocycles. The molecule has 1 aromatic carbocycles. The number of nitrogens with one attached hydrogen (secondary N) is 1. The van der Waals surface area contributed by atoms with Crippen LogP contribution in [-0.4, -0.2) is 32.4 Å². The van der Waals surface area contributed by atoms with Gasteiger partial charge < -0.3 is 15.0 Å². The molecule has 1 unspecified atom stereocenters. The van der Waals surface area contributed by atoms with E-state index in [1.807, 2.05) is 26.0 Å².